The lowest BCUT2D eigenvalue weighted by atomic mass is 10.0. The third-order valence-electron chi connectivity index (χ3n) is 4.49. The third-order valence-corrected chi connectivity index (χ3v) is 4.49. The van der Waals surface area contributed by atoms with Crippen molar-refractivity contribution in [2.45, 2.75) is 45.4 Å². The molecule has 5 nitrogen and oxygen atoms in total. The highest BCUT2D eigenvalue weighted by Crippen LogP contribution is 2.26. The lowest BCUT2D eigenvalue weighted by Gasteiger charge is -2.32. The predicted molar refractivity (Wildman–Crippen MR) is 105 cm³/mol. The number of benzene rings is 2. The third kappa shape index (κ3) is 4.79. The summed E-state index contributed by atoms with van der Waals surface area (Å²) in [5, 5.41) is 12.6. The molecule has 0 aliphatic carbocycles. The van der Waals surface area contributed by atoms with E-state index in [-0.39, 0.29) is 12.1 Å². The van der Waals surface area contributed by atoms with Gasteiger partial charge in [-0.15, -0.1) is 0 Å². The number of rotatable bonds is 2. The highest BCUT2D eigenvalue weighted by atomic mass is 16.6. The van der Waals surface area contributed by atoms with Crippen molar-refractivity contribution >= 4 is 11.8 Å². The molecule has 0 spiro atoms. The van der Waals surface area contributed by atoms with Crippen LogP contribution in [0, 0.1) is 11.3 Å². The van der Waals surface area contributed by atoms with Gasteiger partial charge in [-0.05, 0) is 56.5 Å². The van der Waals surface area contributed by atoms with Crippen LogP contribution in [0.5, 0.6) is 0 Å². The Bertz CT molecular complexity index is 850. The van der Waals surface area contributed by atoms with E-state index in [1.807, 2.05) is 51.1 Å². The van der Waals surface area contributed by atoms with Gasteiger partial charge in [0.1, 0.15) is 5.60 Å². The summed E-state index contributed by atoms with van der Waals surface area (Å²) in [4.78, 5) is 14.7. The summed E-state index contributed by atoms with van der Waals surface area (Å²) in [6.07, 6.45) is 0.395. The van der Waals surface area contributed by atoms with Crippen LogP contribution >= 0.6 is 0 Å². The number of nitrogens with one attached hydrogen (secondary N) is 1. The van der Waals surface area contributed by atoms with Crippen molar-refractivity contribution in [3.8, 4) is 6.07 Å². The molecule has 5 heteroatoms. The molecular weight excluding hydrogens is 338 g/mol. The maximum atomic E-state index is 12.9. The van der Waals surface area contributed by atoms with E-state index in [0.29, 0.717) is 18.7 Å². The second-order valence-electron chi connectivity index (χ2n) is 7.82. The molecular formula is C22H25N3O2. The van der Waals surface area contributed by atoms with Gasteiger partial charge >= 0.3 is 6.09 Å². The fourth-order valence-corrected chi connectivity index (χ4v) is 3.22. The van der Waals surface area contributed by atoms with E-state index in [2.05, 4.69) is 23.5 Å². The van der Waals surface area contributed by atoms with E-state index < -0.39 is 5.60 Å². The van der Waals surface area contributed by atoms with Gasteiger partial charge in [0.15, 0.2) is 0 Å². The molecule has 2 aromatic rings. The molecule has 0 aromatic heterocycles. The van der Waals surface area contributed by atoms with Gasteiger partial charge < -0.3 is 10.1 Å². The van der Waals surface area contributed by atoms with Gasteiger partial charge in [-0.3, -0.25) is 4.90 Å². The molecule has 1 heterocycles. The number of nitrogens with zero attached hydrogens (tertiary/aromatic N) is 2. The first-order valence-corrected chi connectivity index (χ1v) is 9.16. The summed E-state index contributed by atoms with van der Waals surface area (Å²) in [5.41, 5.74) is 3.07. The Morgan fingerprint density at radius 1 is 1.26 bits per heavy atom. The van der Waals surface area contributed by atoms with E-state index in [9.17, 15) is 10.1 Å². The van der Waals surface area contributed by atoms with Crippen molar-refractivity contribution in [1.29, 1.82) is 5.26 Å². The van der Waals surface area contributed by atoms with E-state index in [1.54, 1.807) is 11.0 Å². The maximum Gasteiger partial charge on any atom is 0.410 e. The van der Waals surface area contributed by atoms with Crippen molar-refractivity contribution in [3.63, 3.8) is 0 Å². The summed E-state index contributed by atoms with van der Waals surface area (Å²) in [6, 6.07) is 17.8. The standard InChI is InChI=1S/C22H25N3O2/c1-22(2,3)27-21(26)25-15-18-11-17(13-23)9-10-20(18)24-14-19(25)12-16-7-5-4-6-8-16/h4-11,19,24H,12,14-15H2,1-3H3/t19-/m1/s1. The second-order valence-corrected chi connectivity index (χ2v) is 7.82. The molecule has 3 rings (SSSR count). The first-order valence-electron chi connectivity index (χ1n) is 9.16. The summed E-state index contributed by atoms with van der Waals surface area (Å²) in [6.45, 7) is 6.63. The number of nitriles is 1. The average molecular weight is 363 g/mol. The first-order chi connectivity index (χ1) is 12.9. The molecule has 0 bridgehead atoms. The monoisotopic (exact) mass is 363 g/mol. The topological polar surface area (TPSA) is 65.4 Å². The minimum atomic E-state index is -0.564. The minimum Gasteiger partial charge on any atom is -0.444 e. The van der Waals surface area contributed by atoms with Crippen LogP contribution in [0.4, 0.5) is 10.5 Å². The Labute approximate surface area is 160 Å². The van der Waals surface area contributed by atoms with E-state index >= 15 is 0 Å². The van der Waals surface area contributed by atoms with Crippen molar-refractivity contribution in [3.05, 3.63) is 65.2 Å². The van der Waals surface area contributed by atoms with Crippen molar-refractivity contribution in [1.82, 2.24) is 4.90 Å². The van der Waals surface area contributed by atoms with Gasteiger partial charge in [-0.25, -0.2) is 4.79 Å². The normalized spacial score (nSPS) is 16.5. The zero-order valence-electron chi connectivity index (χ0n) is 16.0. The fraction of sp³-hybridized carbons (Fsp3) is 0.364. The number of anilines is 1. The molecule has 0 fully saturated rings. The Morgan fingerprint density at radius 2 is 2.00 bits per heavy atom. The van der Waals surface area contributed by atoms with Gasteiger partial charge in [0.25, 0.3) is 0 Å². The van der Waals surface area contributed by atoms with Crippen LogP contribution in [0.1, 0.15) is 37.5 Å². The van der Waals surface area contributed by atoms with E-state index in [0.717, 1.165) is 17.7 Å². The van der Waals surface area contributed by atoms with Gasteiger partial charge in [-0.1, -0.05) is 30.3 Å². The van der Waals surface area contributed by atoms with Crippen LogP contribution in [-0.2, 0) is 17.7 Å². The molecule has 0 saturated heterocycles. The van der Waals surface area contributed by atoms with Crippen LogP contribution in [0.2, 0.25) is 0 Å². The molecule has 0 radical (unpaired) electrons. The summed E-state index contributed by atoms with van der Waals surface area (Å²) in [7, 11) is 0. The maximum absolute atomic E-state index is 12.9. The van der Waals surface area contributed by atoms with Crippen molar-refractivity contribution in [2.24, 2.45) is 0 Å². The van der Waals surface area contributed by atoms with Crippen LogP contribution in [-0.4, -0.2) is 29.2 Å². The van der Waals surface area contributed by atoms with Crippen molar-refractivity contribution < 1.29 is 9.53 Å². The molecule has 0 saturated carbocycles. The van der Waals surface area contributed by atoms with E-state index in [1.165, 1.54) is 5.56 Å². The minimum absolute atomic E-state index is 0.0554. The Kier molecular flexibility index (Phi) is 5.36. The lowest BCUT2D eigenvalue weighted by molar-refractivity contribution is 0.0156. The van der Waals surface area contributed by atoms with Gasteiger partial charge in [-0.2, -0.15) is 5.26 Å². The van der Waals surface area contributed by atoms with Crippen molar-refractivity contribution in [2.75, 3.05) is 11.9 Å². The predicted octanol–water partition coefficient (Wildman–Crippen LogP) is 4.33. The number of hydrogen-bond acceptors (Lipinski definition) is 4. The van der Waals surface area contributed by atoms with Crippen LogP contribution in [0.15, 0.2) is 48.5 Å². The molecule has 1 amide bonds. The molecule has 2 aromatic carbocycles. The Morgan fingerprint density at radius 3 is 2.67 bits per heavy atom. The quantitative estimate of drug-likeness (QED) is 0.862. The summed E-state index contributed by atoms with van der Waals surface area (Å²) < 4.78 is 5.67. The largest absolute Gasteiger partial charge is 0.444 e. The first kappa shape index (κ1) is 18.8. The zero-order valence-corrected chi connectivity index (χ0v) is 16.0. The molecule has 1 N–H and O–H groups in total. The molecule has 27 heavy (non-hydrogen) atoms. The zero-order chi connectivity index (χ0) is 19.4. The molecule has 0 unspecified atom stereocenters. The summed E-state index contributed by atoms with van der Waals surface area (Å²) >= 11 is 0. The average Bonchev–Trinajstić information content (AvgIpc) is 2.80. The lowest BCUT2D eigenvalue weighted by Crippen LogP contribution is -2.45. The molecule has 1 aliphatic heterocycles. The number of amides is 1. The van der Waals surface area contributed by atoms with Gasteiger partial charge in [0.2, 0.25) is 0 Å². The van der Waals surface area contributed by atoms with Crippen LogP contribution < -0.4 is 5.32 Å². The SMILES string of the molecule is CC(C)(C)OC(=O)N1Cc2cc(C#N)ccc2NC[C@H]1Cc1ccccc1. The van der Waals surface area contributed by atoms with Gasteiger partial charge in [0.05, 0.1) is 24.2 Å². The van der Waals surface area contributed by atoms with Crippen LogP contribution in [0.25, 0.3) is 0 Å². The van der Waals surface area contributed by atoms with Gasteiger partial charge in [0, 0.05) is 12.2 Å². The summed E-state index contributed by atoms with van der Waals surface area (Å²) in [5.74, 6) is 0. The second kappa shape index (κ2) is 7.71. The highest BCUT2D eigenvalue weighted by molar-refractivity contribution is 5.70. The Balaban J connectivity index is 1.91. The fourth-order valence-electron chi connectivity index (χ4n) is 3.22. The number of ether oxygens (including phenoxy) is 1. The smallest absolute Gasteiger partial charge is 0.410 e. The molecule has 1 atom stereocenters. The van der Waals surface area contributed by atoms with Crippen LogP contribution in [0.3, 0.4) is 0 Å². The molecule has 1 aliphatic rings. The van der Waals surface area contributed by atoms with E-state index in [4.69, 9.17) is 4.74 Å². The molecule has 140 valence electrons. The number of carbonyl (C=O) groups is 1. The highest BCUT2D eigenvalue weighted by Gasteiger charge is 2.31. The number of hydrogen-bond donors (Lipinski definition) is 1. The number of carbonyl (C=O) groups excluding carboxylic acids is 1. The Hall–Kier alpha value is -3.00. The number of fused-ring (bicyclic) bond motifs is 1.